The molecule has 0 aliphatic heterocycles. The summed E-state index contributed by atoms with van der Waals surface area (Å²) >= 11 is 0. The number of hydrogen-bond donors (Lipinski definition) is 1. The van der Waals surface area contributed by atoms with Crippen molar-refractivity contribution in [3.8, 4) is 0 Å². The van der Waals surface area contributed by atoms with E-state index >= 15 is 0 Å². The number of rotatable bonds is 2. The van der Waals surface area contributed by atoms with Crippen LogP contribution >= 0.6 is 0 Å². The number of aliphatic hydroxyl groups is 1. The van der Waals surface area contributed by atoms with Gasteiger partial charge in [0, 0.05) is 5.73 Å². The third kappa shape index (κ3) is 4.18. The Morgan fingerprint density at radius 1 is 1.83 bits per heavy atom. The molecule has 0 aromatic carbocycles. The molecular weight excluding hydrogens is 92.1 g/mol. The van der Waals surface area contributed by atoms with Gasteiger partial charge in [-0.15, -0.1) is 0 Å². The maximum absolute atomic E-state index is 8.56. The molecule has 0 bridgehead atoms. The molecule has 0 aliphatic rings. The second kappa shape index (κ2) is 3.37. The lowest BCUT2D eigenvalue weighted by Crippen LogP contribution is -2.08. The van der Waals surface area contributed by atoms with Crippen LogP contribution in [0.2, 0.25) is 6.04 Å². The first-order valence-electron chi connectivity index (χ1n) is 2.18. The van der Waals surface area contributed by atoms with E-state index in [-0.39, 0.29) is 5.73 Å². The van der Waals surface area contributed by atoms with E-state index in [4.69, 9.17) is 5.11 Å². The molecule has 2 radical (unpaired) electrons. The Kier molecular flexibility index (Phi) is 3.47. The van der Waals surface area contributed by atoms with Crippen molar-refractivity contribution < 1.29 is 5.11 Å². The van der Waals surface area contributed by atoms with Gasteiger partial charge >= 0.3 is 0 Å². The van der Waals surface area contributed by atoms with Gasteiger partial charge < -0.3 is 5.11 Å². The van der Waals surface area contributed by atoms with E-state index in [1.54, 1.807) is 0 Å². The second-order valence-electron chi connectivity index (χ2n) is 1.23. The minimum atomic E-state index is -0.0741. The Bertz CT molecular complexity index is 28.7. The number of aliphatic hydroxyl groups excluding tert-OH is 1. The predicted molar refractivity (Wildman–Crippen MR) is 27.9 cm³/mol. The van der Waals surface area contributed by atoms with Gasteiger partial charge in [-0.25, -0.2) is 0 Å². The van der Waals surface area contributed by atoms with E-state index in [9.17, 15) is 0 Å². The highest BCUT2D eigenvalue weighted by atomic mass is 28.2. The third-order valence-electron chi connectivity index (χ3n) is 0.500. The molecule has 1 unspecified atom stereocenters. The molecule has 0 aliphatic carbocycles. The fourth-order valence-corrected chi connectivity index (χ4v) is 0.886. The zero-order valence-electron chi connectivity index (χ0n) is 4.23. The van der Waals surface area contributed by atoms with Gasteiger partial charge in [-0.05, 0) is 6.92 Å². The SMILES string of the molecule is CC[Si]C(C)O. The van der Waals surface area contributed by atoms with Crippen molar-refractivity contribution in [3.05, 3.63) is 0 Å². The van der Waals surface area contributed by atoms with Gasteiger partial charge in [-0.2, -0.15) is 0 Å². The first-order valence-corrected chi connectivity index (χ1v) is 3.47. The van der Waals surface area contributed by atoms with Crippen molar-refractivity contribution in [2.24, 2.45) is 0 Å². The van der Waals surface area contributed by atoms with Crippen LogP contribution in [-0.4, -0.2) is 20.4 Å². The maximum atomic E-state index is 8.56. The van der Waals surface area contributed by atoms with E-state index in [0.29, 0.717) is 0 Å². The van der Waals surface area contributed by atoms with Crippen molar-refractivity contribution in [3.63, 3.8) is 0 Å². The summed E-state index contributed by atoms with van der Waals surface area (Å²) < 4.78 is 0. The maximum Gasteiger partial charge on any atom is 0.0767 e. The molecule has 36 valence electrons. The van der Waals surface area contributed by atoms with Crippen LogP contribution in [0.4, 0.5) is 0 Å². The zero-order valence-corrected chi connectivity index (χ0v) is 5.23. The molecular formula is C4H10OSi. The third-order valence-corrected chi connectivity index (χ3v) is 1.50. The van der Waals surface area contributed by atoms with E-state index < -0.39 is 0 Å². The van der Waals surface area contributed by atoms with Crippen LogP contribution < -0.4 is 0 Å². The molecule has 1 nitrogen and oxygen atoms in total. The van der Waals surface area contributed by atoms with Gasteiger partial charge in [0.2, 0.25) is 0 Å². The lowest BCUT2D eigenvalue weighted by atomic mass is 10.9. The minimum absolute atomic E-state index is 0.0741. The summed E-state index contributed by atoms with van der Waals surface area (Å²) in [7, 11) is 0.727. The largest absolute Gasteiger partial charge is 0.397 e. The minimum Gasteiger partial charge on any atom is -0.397 e. The average molecular weight is 102 g/mol. The molecule has 6 heavy (non-hydrogen) atoms. The molecule has 0 heterocycles. The Hall–Kier alpha value is 0.177. The lowest BCUT2D eigenvalue weighted by molar-refractivity contribution is 0.272. The van der Waals surface area contributed by atoms with Crippen LogP contribution in [0.1, 0.15) is 13.8 Å². The summed E-state index contributed by atoms with van der Waals surface area (Å²) in [6, 6.07) is 1.11. The molecule has 1 N–H and O–H groups in total. The second-order valence-corrected chi connectivity index (χ2v) is 3.18. The van der Waals surface area contributed by atoms with Crippen LogP contribution in [0.3, 0.4) is 0 Å². The first-order chi connectivity index (χ1) is 2.77. The van der Waals surface area contributed by atoms with Crippen LogP contribution in [-0.2, 0) is 0 Å². The highest BCUT2D eigenvalue weighted by molar-refractivity contribution is 6.36. The van der Waals surface area contributed by atoms with Crippen molar-refractivity contribution in [1.82, 2.24) is 0 Å². The van der Waals surface area contributed by atoms with Gasteiger partial charge in [-0.1, -0.05) is 13.0 Å². The van der Waals surface area contributed by atoms with E-state index in [1.165, 1.54) is 0 Å². The summed E-state index contributed by atoms with van der Waals surface area (Å²) in [5.74, 6) is 0. The Morgan fingerprint density at radius 3 is 2.33 bits per heavy atom. The number of hydrogen-bond acceptors (Lipinski definition) is 1. The van der Waals surface area contributed by atoms with Crippen LogP contribution in [0.15, 0.2) is 0 Å². The van der Waals surface area contributed by atoms with Crippen LogP contribution in [0.25, 0.3) is 0 Å². The Labute approximate surface area is 41.2 Å². The van der Waals surface area contributed by atoms with Crippen molar-refractivity contribution in [1.29, 1.82) is 0 Å². The molecule has 2 heteroatoms. The van der Waals surface area contributed by atoms with Crippen molar-refractivity contribution in [2.45, 2.75) is 25.6 Å². The molecule has 0 spiro atoms. The molecule has 0 saturated carbocycles. The van der Waals surface area contributed by atoms with Crippen LogP contribution in [0.5, 0.6) is 0 Å². The molecule has 0 saturated heterocycles. The summed E-state index contributed by atoms with van der Waals surface area (Å²) in [5.41, 5.74) is -0.0741. The quantitative estimate of drug-likeness (QED) is 0.502. The highest BCUT2D eigenvalue weighted by Gasteiger charge is 1.89. The van der Waals surface area contributed by atoms with E-state index in [0.717, 1.165) is 15.6 Å². The average Bonchev–Trinajstić information content (AvgIpc) is 1.35. The fourth-order valence-electron chi connectivity index (χ4n) is 0.295. The van der Waals surface area contributed by atoms with Gasteiger partial charge in [0.25, 0.3) is 0 Å². The van der Waals surface area contributed by atoms with Crippen LogP contribution in [0, 0.1) is 0 Å². The van der Waals surface area contributed by atoms with Crippen molar-refractivity contribution in [2.75, 3.05) is 0 Å². The Morgan fingerprint density at radius 2 is 2.33 bits per heavy atom. The normalized spacial score (nSPS) is 14.5. The van der Waals surface area contributed by atoms with Gasteiger partial charge in [0.1, 0.15) is 0 Å². The van der Waals surface area contributed by atoms with E-state index in [1.807, 2.05) is 6.92 Å². The van der Waals surface area contributed by atoms with E-state index in [2.05, 4.69) is 6.92 Å². The fraction of sp³-hybridized carbons (Fsp3) is 1.00. The lowest BCUT2D eigenvalue weighted by Gasteiger charge is -1.93. The van der Waals surface area contributed by atoms with Gasteiger partial charge in [-0.3, -0.25) is 0 Å². The summed E-state index contributed by atoms with van der Waals surface area (Å²) in [6.07, 6.45) is 0. The monoisotopic (exact) mass is 102 g/mol. The summed E-state index contributed by atoms with van der Waals surface area (Å²) in [4.78, 5) is 0. The Balaban J connectivity index is 2.63. The molecule has 0 rings (SSSR count). The molecule has 0 amide bonds. The predicted octanol–water partition coefficient (Wildman–Crippen LogP) is 0.467. The van der Waals surface area contributed by atoms with Gasteiger partial charge in [0.15, 0.2) is 0 Å². The standard InChI is InChI=1S/C4H10OSi/c1-3-6-4(2)5/h4-5H,3H2,1-2H3. The molecule has 0 fully saturated rings. The first kappa shape index (κ1) is 6.18. The zero-order chi connectivity index (χ0) is 4.99. The molecule has 1 atom stereocenters. The molecule has 0 aromatic heterocycles. The topological polar surface area (TPSA) is 20.2 Å². The molecule has 0 aromatic rings. The van der Waals surface area contributed by atoms with Crippen molar-refractivity contribution >= 4 is 9.52 Å². The highest BCUT2D eigenvalue weighted by Crippen LogP contribution is 1.79. The summed E-state index contributed by atoms with van der Waals surface area (Å²) in [6.45, 7) is 3.90. The van der Waals surface area contributed by atoms with Gasteiger partial charge in [0.05, 0.1) is 9.52 Å². The summed E-state index contributed by atoms with van der Waals surface area (Å²) in [5, 5.41) is 8.56. The smallest absolute Gasteiger partial charge is 0.0767 e.